The van der Waals surface area contributed by atoms with Crippen LogP contribution < -0.4 is 5.43 Å². The highest BCUT2D eigenvalue weighted by Crippen LogP contribution is 2.27. The third kappa shape index (κ3) is 4.31. The number of fused-ring (bicyclic) bond motifs is 1. The van der Waals surface area contributed by atoms with E-state index >= 15 is 0 Å². The van der Waals surface area contributed by atoms with E-state index in [1.54, 1.807) is 17.6 Å². The molecule has 0 radical (unpaired) electrons. The van der Waals surface area contributed by atoms with Gasteiger partial charge >= 0.3 is 0 Å². The van der Waals surface area contributed by atoms with Gasteiger partial charge in [-0.25, -0.2) is 10.4 Å². The third-order valence-corrected chi connectivity index (χ3v) is 6.06. The number of pyridine rings is 1. The Balaban J connectivity index is 1.68. The number of nitrogens with zero attached hydrogens (tertiary/aromatic N) is 2. The lowest BCUT2D eigenvalue weighted by Gasteiger charge is -2.11. The average molecular weight is 414 g/mol. The van der Waals surface area contributed by atoms with Gasteiger partial charge in [-0.05, 0) is 41.5 Å². The zero-order valence-electron chi connectivity index (χ0n) is 17.0. The SMILES string of the molecule is CCC(C)c1ccc(-c2cc(C(=O)NN=Cc3cccs3)c3ccccc3n2)cc1. The van der Waals surface area contributed by atoms with Crippen LogP contribution in [0.3, 0.4) is 0 Å². The first kappa shape index (κ1) is 20.0. The minimum atomic E-state index is -0.251. The number of carbonyl (C=O) groups is 1. The fourth-order valence-corrected chi connectivity index (χ4v) is 3.89. The van der Waals surface area contributed by atoms with Gasteiger partial charge in [0.15, 0.2) is 0 Å². The van der Waals surface area contributed by atoms with Crippen molar-refractivity contribution in [1.82, 2.24) is 10.4 Å². The van der Waals surface area contributed by atoms with Crippen molar-refractivity contribution >= 4 is 34.4 Å². The van der Waals surface area contributed by atoms with E-state index < -0.39 is 0 Å². The van der Waals surface area contributed by atoms with Crippen LogP contribution in [0.15, 0.2) is 77.2 Å². The molecule has 0 aliphatic carbocycles. The van der Waals surface area contributed by atoms with Crippen LogP contribution in [0.5, 0.6) is 0 Å². The van der Waals surface area contributed by atoms with Crippen molar-refractivity contribution in [3.63, 3.8) is 0 Å². The van der Waals surface area contributed by atoms with Crippen molar-refractivity contribution in [2.75, 3.05) is 0 Å². The summed E-state index contributed by atoms with van der Waals surface area (Å²) in [7, 11) is 0. The molecule has 1 amide bonds. The van der Waals surface area contributed by atoms with E-state index in [0.717, 1.165) is 33.5 Å². The molecule has 4 aromatic rings. The number of rotatable bonds is 6. The predicted octanol–water partition coefficient (Wildman–Crippen LogP) is 6.24. The standard InChI is InChI=1S/C25H23N3OS/c1-3-17(2)18-10-12-19(13-11-18)24-15-22(21-8-4-5-9-23(21)27-24)25(29)28-26-16-20-7-6-14-30-20/h4-17H,3H2,1-2H3,(H,28,29). The van der Waals surface area contributed by atoms with Crippen molar-refractivity contribution in [2.24, 2.45) is 5.10 Å². The van der Waals surface area contributed by atoms with Gasteiger partial charge in [0.1, 0.15) is 0 Å². The van der Waals surface area contributed by atoms with E-state index in [1.165, 1.54) is 5.56 Å². The Morgan fingerprint density at radius 2 is 1.93 bits per heavy atom. The van der Waals surface area contributed by atoms with Crippen molar-refractivity contribution in [2.45, 2.75) is 26.2 Å². The van der Waals surface area contributed by atoms with Crippen molar-refractivity contribution < 1.29 is 4.79 Å². The summed E-state index contributed by atoms with van der Waals surface area (Å²) < 4.78 is 0. The van der Waals surface area contributed by atoms with E-state index in [4.69, 9.17) is 4.98 Å². The maximum absolute atomic E-state index is 12.9. The second-order valence-corrected chi connectivity index (χ2v) is 8.20. The molecule has 0 spiro atoms. The molecule has 1 atom stereocenters. The molecular weight excluding hydrogens is 390 g/mol. The van der Waals surface area contributed by atoms with Crippen LogP contribution >= 0.6 is 11.3 Å². The molecule has 2 aromatic heterocycles. The van der Waals surface area contributed by atoms with Gasteiger partial charge in [-0.1, -0.05) is 62.4 Å². The Morgan fingerprint density at radius 3 is 2.67 bits per heavy atom. The van der Waals surface area contributed by atoms with Crippen LogP contribution in [0.1, 0.15) is 47.0 Å². The molecule has 150 valence electrons. The predicted molar refractivity (Wildman–Crippen MR) is 125 cm³/mol. The second kappa shape index (κ2) is 9.01. The highest BCUT2D eigenvalue weighted by Gasteiger charge is 2.14. The first-order valence-electron chi connectivity index (χ1n) is 10.0. The Kier molecular flexibility index (Phi) is 6.00. The van der Waals surface area contributed by atoms with Gasteiger partial charge in [0.2, 0.25) is 0 Å². The Labute approximate surface area is 180 Å². The minimum absolute atomic E-state index is 0.251. The first-order valence-corrected chi connectivity index (χ1v) is 10.9. The molecule has 0 fully saturated rings. The number of benzene rings is 2. The number of hydrazone groups is 1. The van der Waals surface area contributed by atoms with Crippen LogP contribution in [0.4, 0.5) is 0 Å². The molecule has 2 aromatic carbocycles. The van der Waals surface area contributed by atoms with Crippen molar-refractivity contribution in [3.8, 4) is 11.3 Å². The van der Waals surface area contributed by atoms with Crippen LogP contribution in [0, 0.1) is 0 Å². The highest BCUT2D eigenvalue weighted by molar-refractivity contribution is 7.11. The molecule has 2 heterocycles. The van der Waals surface area contributed by atoms with Gasteiger partial charge in [0.05, 0.1) is 23.0 Å². The molecule has 5 heteroatoms. The van der Waals surface area contributed by atoms with Crippen LogP contribution in [-0.4, -0.2) is 17.1 Å². The lowest BCUT2D eigenvalue weighted by atomic mass is 9.96. The maximum atomic E-state index is 12.9. The summed E-state index contributed by atoms with van der Waals surface area (Å²) in [6, 6.07) is 21.9. The zero-order valence-corrected chi connectivity index (χ0v) is 17.8. The third-order valence-electron chi connectivity index (χ3n) is 5.25. The number of amides is 1. The molecule has 1 unspecified atom stereocenters. The molecule has 0 saturated carbocycles. The number of hydrogen-bond acceptors (Lipinski definition) is 4. The molecule has 4 rings (SSSR count). The molecule has 0 aliphatic heterocycles. The molecule has 30 heavy (non-hydrogen) atoms. The highest BCUT2D eigenvalue weighted by atomic mass is 32.1. The van der Waals surface area contributed by atoms with Gasteiger partial charge in [0, 0.05) is 15.8 Å². The van der Waals surface area contributed by atoms with E-state index in [1.807, 2.05) is 47.8 Å². The summed E-state index contributed by atoms with van der Waals surface area (Å²) in [5, 5.41) is 6.88. The lowest BCUT2D eigenvalue weighted by Crippen LogP contribution is -2.18. The molecule has 0 bridgehead atoms. The average Bonchev–Trinajstić information content (AvgIpc) is 3.31. The van der Waals surface area contributed by atoms with E-state index in [2.05, 4.69) is 48.6 Å². The van der Waals surface area contributed by atoms with Crippen molar-refractivity contribution in [1.29, 1.82) is 0 Å². The van der Waals surface area contributed by atoms with Crippen LogP contribution in [-0.2, 0) is 0 Å². The summed E-state index contributed by atoms with van der Waals surface area (Å²) in [6.45, 7) is 4.41. The zero-order chi connectivity index (χ0) is 20.9. The number of aromatic nitrogens is 1. The van der Waals surface area contributed by atoms with E-state index in [9.17, 15) is 4.79 Å². The number of nitrogens with one attached hydrogen (secondary N) is 1. The second-order valence-electron chi connectivity index (χ2n) is 7.22. The van der Waals surface area contributed by atoms with Gasteiger partial charge < -0.3 is 0 Å². The summed E-state index contributed by atoms with van der Waals surface area (Å²) in [4.78, 5) is 18.7. The van der Waals surface area contributed by atoms with Gasteiger partial charge in [0.25, 0.3) is 5.91 Å². The molecule has 1 N–H and O–H groups in total. The smallest absolute Gasteiger partial charge is 0.267 e. The molecule has 0 saturated heterocycles. The monoisotopic (exact) mass is 413 g/mol. The maximum Gasteiger partial charge on any atom is 0.272 e. The van der Waals surface area contributed by atoms with Crippen LogP contribution in [0.25, 0.3) is 22.2 Å². The van der Waals surface area contributed by atoms with Gasteiger partial charge in [-0.3, -0.25) is 4.79 Å². The van der Waals surface area contributed by atoms with Gasteiger partial charge in [-0.15, -0.1) is 11.3 Å². The largest absolute Gasteiger partial charge is 0.272 e. The van der Waals surface area contributed by atoms with E-state index in [0.29, 0.717) is 11.5 Å². The number of hydrogen-bond donors (Lipinski definition) is 1. The summed E-state index contributed by atoms with van der Waals surface area (Å²) in [5.74, 6) is 0.269. The fraction of sp³-hybridized carbons (Fsp3) is 0.160. The van der Waals surface area contributed by atoms with Crippen molar-refractivity contribution in [3.05, 3.63) is 88.1 Å². The molecule has 4 nitrogen and oxygen atoms in total. The Hall–Kier alpha value is -3.31. The quantitative estimate of drug-likeness (QED) is 0.300. The number of carbonyl (C=O) groups excluding carboxylic acids is 1. The lowest BCUT2D eigenvalue weighted by molar-refractivity contribution is 0.0956. The first-order chi connectivity index (χ1) is 14.7. The Morgan fingerprint density at radius 1 is 1.13 bits per heavy atom. The summed E-state index contributed by atoms with van der Waals surface area (Å²) in [6.07, 6.45) is 2.75. The van der Waals surface area contributed by atoms with Crippen LogP contribution in [0.2, 0.25) is 0 Å². The number of para-hydroxylation sites is 1. The Bertz CT molecular complexity index is 1180. The molecular formula is C25H23N3OS. The minimum Gasteiger partial charge on any atom is -0.267 e. The van der Waals surface area contributed by atoms with Gasteiger partial charge in [-0.2, -0.15) is 5.10 Å². The summed E-state index contributed by atoms with van der Waals surface area (Å²) in [5.41, 5.74) is 7.07. The fourth-order valence-electron chi connectivity index (χ4n) is 3.31. The summed E-state index contributed by atoms with van der Waals surface area (Å²) >= 11 is 1.57. The topological polar surface area (TPSA) is 54.4 Å². The normalized spacial score (nSPS) is 12.3. The van der Waals surface area contributed by atoms with E-state index in [-0.39, 0.29) is 5.91 Å². The number of thiophene rings is 1. The molecule has 0 aliphatic rings.